The van der Waals surface area contributed by atoms with Gasteiger partial charge >= 0.3 is 5.97 Å². The van der Waals surface area contributed by atoms with E-state index in [2.05, 4.69) is 9.98 Å². The summed E-state index contributed by atoms with van der Waals surface area (Å²) in [6.45, 7) is 3.63. The molecule has 0 aliphatic carbocycles. The monoisotopic (exact) mass is 258 g/mol. The number of hydrogen-bond donors (Lipinski definition) is 1. The summed E-state index contributed by atoms with van der Waals surface area (Å²) in [6, 6.07) is 3.57. The lowest BCUT2D eigenvalue weighted by atomic mass is 10.1. The van der Waals surface area contributed by atoms with E-state index in [1.807, 2.05) is 0 Å². The quantitative estimate of drug-likeness (QED) is 0.844. The first-order valence-corrected chi connectivity index (χ1v) is 5.91. The van der Waals surface area contributed by atoms with Gasteiger partial charge in [-0.1, -0.05) is 0 Å². The van der Waals surface area contributed by atoms with Gasteiger partial charge in [-0.15, -0.1) is 0 Å². The molecule has 0 atom stereocenters. The van der Waals surface area contributed by atoms with E-state index in [-0.39, 0.29) is 17.9 Å². The molecule has 2 rings (SSSR count). The Labute approximate surface area is 111 Å². The van der Waals surface area contributed by atoms with E-state index >= 15 is 0 Å². The molecule has 0 aromatic carbocycles. The number of aliphatic imine (C=N–C) groups is 1. The van der Waals surface area contributed by atoms with Crippen molar-refractivity contribution in [1.82, 2.24) is 4.98 Å². The van der Waals surface area contributed by atoms with E-state index in [4.69, 9.17) is 4.74 Å². The van der Waals surface area contributed by atoms with Gasteiger partial charge in [-0.3, -0.25) is 4.98 Å². The van der Waals surface area contributed by atoms with Crippen LogP contribution in [0.1, 0.15) is 19.4 Å². The van der Waals surface area contributed by atoms with Crippen molar-refractivity contribution < 1.29 is 14.6 Å². The van der Waals surface area contributed by atoms with Gasteiger partial charge in [0.2, 0.25) is 0 Å². The first-order chi connectivity index (χ1) is 9.13. The van der Waals surface area contributed by atoms with Crippen LogP contribution in [0.3, 0.4) is 0 Å². The molecule has 1 aromatic rings. The van der Waals surface area contributed by atoms with Crippen molar-refractivity contribution in [3.05, 3.63) is 47.1 Å². The highest BCUT2D eigenvalue weighted by Crippen LogP contribution is 2.26. The highest BCUT2D eigenvalue weighted by molar-refractivity contribution is 6.22. The summed E-state index contributed by atoms with van der Waals surface area (Å²) in [5.41, 5.74) is 1.78. The Bertz CT molecular complexity index is 586. The number of hydrogen-bond acceptors (Lipinski definition) is 5. The lowest BCUT2D eigenvalue weighted by Crippen LogP contribution is -2.13. The molecule has 5 nitrogen and oxygen atoms in total. The minimum Gasteiger partial charge on any atom is -0.505 e. The van der Waals surface area contributed by atoms with Gasteiger partial charge in [0.25, 0.3) is 0 Å². The van der Waals surface area contributed by atoms with Crippen LogP contribution in [0.5, 0.6) is 0 Å². The zero-order chi connectivity index (χ0) is 13.8. The second-order valence-corrected chi connectivity index (χ2v) is 3.95. The molecule has 0 fully saturated rings. The zero-order valence-electron chi connectivity index (χ0n) is 10.8. The third kappa shape index (κ3) is 2.70. The average molecular weight is 258 g/mol. The fraction of sp³-hybridized carbons (Fsp3) is 0.214. The van der Waals surface area contributed by atoms with E-state index in [1.165, 1.54) is 0 Å². The number of rotatable bonds is 3. The number of carbonyl (C=O) groups excluding carboxylic acids is 1. The SMILES string of the molecule is CCOC(=O)C1=C(O)C(=Cc2ccncc2)N=C1C. The molecule has 5 heteroatoms. The average Bonchev–Trinajstić information content (AvgIpc) is 2.66. The van der Waals surface area contributed by atoms with Crippen molar-refractivity contribution in [2.24, 2.45) is 4.99 Å². The van der Waals surface area contributed by atoms with Crippen LogP contribution in [0.4, 0.5) is 0 Å². The first kappa shape index (κ1) is 13.0. The molecule has 19 heavy (non-hydrogen) atoms. The Hall–Kier alpha value is -2.43. The molecule has 2 heterocycles. The van der Waals surface area contributed by atoms with Crippen molar-refractivity contribution in [2.45, 2.75) is 13.8 Å². The van der Waals surface area contributed by atoms with Crippen LogP contribution in [-0.4, -0.2) is 28.4 Å². The summed E-state index contributed by atoms with van der Waals surface area (Å²) >= 11 is 0. The summed E-state index contributed by atoms with van der Waals surface area (Å²) in [4.78, 5) is 19.8. The number of aliphatic hydroxyl groups is 1. The molecule has 0 saturated heterocycles. The Kier molecular flexibility index (Phi) is 3.75. The van der Waals surface area contributed by atoms with E-state index in [1.54, 1.807) is 44.4 Å². The molecular formula is C14H14N2O3. The van der Waals surface area contributed by atoms with Crippen LogP contribution in [0.2, 0.25) is 0 Å². The van der Waals surface area contributed by atoms with Crippen molar-refractivity contribution in [1.29, 1.82) is 0 Å². The van der Waals surface area contributed by atoms with Crippen LogP contribution < -0.4 is 0 Å². The van der Waals surface area contributed by atoms with Gasteiger partial charge in [-0.05, 0) is 37.6 Å². The maximum absolute atomic E-state index is 11.7. The fourth-order valence-electron chi connectivity index (χ4n) is 1.75. The lowest BCUT2D eigenvalue weighted by Gasteiger charge is -2.02. The van der Waals surface area contributed by atoms with Gasteiger partial charge in [-0.25, -0.2) is 9.79 Å². The Balaban J connectivity index is 2.36. The predicted octanol–water partition coefficient (Wildman–Crippen LogP) is 2.27. The van der Waals surface area contributed by atoms with Crippen LogP contribution >= 0.6 is 0 Å². The zero-order valence-corrected chi connectivity index (χ0v) is 10.8. The molecule has 0 spiro atoms. The van der Waals surface area contributed by atoms with E-state index in [9.17, 15) is 9.90 Å². The molecule has 1 aliphatic heterocycles. The highest BCUT2D eigenvalue weighted by atomic mass is 16.5. The maximum Gasteiger partial charge on any atom is 0.343 e. The number of carbonyl (C=O) groups is 1. The Morgan fingerprint density at radius 3 is 2.74 bits per heavy atom. The Morgan fingerprint density at radius 2 is 2.11 bits per heavy atom. The molecule has 0 unspecified atom stereocenters. The minimum absolute atomic E-state index is 0.127. The molecule has 0 radical (unpaired) electrons. The second kappa shape index (κ2) is 5.48. The molecular weight excluding hydrogens is 244 g/mol. The normalized spacial score (nSPS) is 16.7. The van der Waals surface area contributed by atoms with E-state index in [0.29, 0.717) is 11.4 Å². The first-order valence-electron chi connectivity index (χ1n) is 5.91. The van der Waals surface area contributed by atoms with Crippen molar-refractivity contribution in [2.75, 3.05) is 6.61 Å². The predicted molar refractivity (Wildman–Crippen MR) is 71.6 cm³/mol. The van der Waals surface area contributed by atoms with Gasteiger partial charge in [-0.2, -0.15) is 0 Å². The molecule has 0 bridgehead atoms. The second-order valence-electron chi connectivity index (χ2n) is 3.95. The fourth-order valence-corrected chi connectivity index (χ4v) is 1.75. The standard InChI is InChI=1S/C14H14N2O3/c1-3-19-14(18)12-9(2)16-11(13(12)17)8-10-4-6-15-7-5-10/h4-8,17H,3H2,1-2H3. The largest absolute Gasteiger partial charge is 0.505 e. The van der Waals surface area contributed by atoms with Gasteiger partial charge in [0.15, 0.2) is 5.76 Å². The summed E-state index contributed by atoms with van der Waals surface area (Å²) in [5, 5.41) is 10.1. The molecule has 1 aromatic heterocycles. The van der Waals surface area contributed by atoms with Gasteiger partial charge < -0.3 is 9.84 Å². The summed E-state index contributed by atoms with van der Waals surface area (Å²) in [6.07, 6.45) is 4.97. The lowest BCUT2D eigenvalue weighted by molar-refractivity contribution is -0.138. The number of nitrogens with zero attached hydrogens (tertiary/aromatic N) is 2. The van der Waals surface area contributed by atoms with Crippen LogP contribution in [0.15, 0.2) is 46.5 Å². The number of pyridine rings is 1. The van der Waals surface area contributed by atoms with Crippen LogP contribution in [0, 0.1) is 0 Å². The maximum atomic E-state index is 11.7. The number of aromatic nitrogens is 1. The minimum atomic E-state index is -0.556. The topological polar surface area (TPSA) is 71.8 Å². The number of aliphatic hydroxyl groups excluding tert-OH is 1. The van der Waals surface area contributed by atoms with Crippen molar-refractivity contribution in [3.63, 3.8) is 0 Å². The van der Waals surface area contributed by atoms with Gasteiger partial charge in [0, 0.05) is 12.4 Å². The molecule has 1 N–H and O–H groups in total. The van der Waals surface area contributed by atoms with Gasteiger partial charge in [0.05, 0.1) is 12.3 Å². The van der Waals surface area contributed by atoms with Crippen molar-refractivity contribution >= 4 is 17.8 Å². The van der Waals surface area contributed by atoms with Gasteiger partial charge in [0.1, 0.15) is 11.3 Å². The molecule has 98 valence electrons. The molecule has 0 amide bonds. The third-order valence-electron chi connectivity index (χ3n) is 2.62. The summed E-state index contributed by atoms with van der Waals surface area (Å²) < 4.78 is 4.89. The van der Waals surface area contributed by atoms with E-state index in [0.717, 1.165) is 5.56 Å². The summed E-state index contributed by atoms with van der Waals surface area (Å²) in [5.74, 6) is -0.702. The number of esters is 1. The summed E-state index contributed by atoms with van der Waals surface area (Å²) in [7, 11) is 0. The molecule has 1 aliphatic rings. The third-order valence-corrected chi connectivity index (χ3v) is 2.62. The van der Waals surface area contributed by atoms with E-state index < -0.39 is 5.97 Å². The Morgan fingerprint density at radius 1 is 1.42 bits per heavy atom. The van der Waals surface area contributed by atoms with Crippen molar-refractivity contribution in [3.8, 4) is 0 Å². The van der Waals surface area contributed by atoms with Crippen LogP contribution in [-0.2, 0) is 9.53 Å². The highest BCUT2D eigenvalue weighted by Gasteiger charge is 2.27. The van der Waals surface area contributed by atoms with Crippen LogP contribution in [0.25, 0.3) is 6.08 Å². The molecule has 0 saturated carbocycles. The number of ether oxygens (including phenoxy) is 1. The smallest absolute Gasteiger partial charge is 0.343 e.